The summed E-state index contributed by atoms with van der Waals surface area (Å²) in [6.07, 6.45) is 4.53. The third-order valence-electron chi connectivity index (χ3n) is 3.16. The zero-order valence-corrected chi connectivity index (χ0v) is 13.2. The van der Waals surface area contributed by atoms with Crippen molar-refractivity contribution in [1.29, 1.82) is 0 Å². The molecule has 0 unspecified atom stereocenters. The highest BCUT2D eigenvalue weighted by atomic mass is 35.5. The molecule has 0 spiro atoms. The second-order valence-corrected chi connectivity index (χ2v) is 5.90. The molecule has 0 amide bonds. The summed E-state index contributed by atoms with van der Waals surface area (Å²) in [7, 11) is 0. The van der Waals surface area contributed by atoms with Crippen molar-refractivity contribution in [1.82, 2.24) is 0 Å². The molecule has 0 aliphatic rings. The van der Waals surface area contributed by atoms with Gasteiger partial charge in [0.25, 0.3) is 0 Å². The molecule has 3 heteroatoms. The average Bonchev–Trinajstić information content (AvgIpc) is 2.47. The van der Waals surface area contributed by atoms with E-state index in [0.29, 0.717) is 17.0 Å². The zero-order valence-electron chi connectivity index (χ0n) is 11.7. The summed E-state index contributed by atoms with van der Waals surface area (Å²) in [5.41, 5.74) is 1.77. The van der Waals surface area contributed by atoms with Gasteiger partial charge < -0.3 is 0 Å². The lowest BCUT2D eigenvalue weighted by Crippen LogP contribution is -2.04. The van der Waals surface area contributed by atoms with E-state index in [4.69, 9.17) is 23.2 Å². The molecule has 0 radical (unpaired) electrons. The molecule has 108 valence electrons. The van der Waals surface area contributed by atoms with Crippen LogP contribution in [0.5, 0.6) is 0 Å². The third kappa shape index (κ3) is 5.04. The van der Waals surface area contributed by atoms with Crippen LogP contribution in [0.15, 0.2) is 54.6 Å². The average molecular weight is 319 g/mol. The van der Waals surface area contributed by atoms with Gasteiger partial charge in [-0.05, 0) is 47.9 Å². The summed E-state index contributed by atoms with van der Waals surface area (Å²) in [5.74, 6) is 0.295. The van der Waals surface area contributed by atoms with Gasteiger partial charge >= 0.3 is 0 Å². The summed E-state index contributed by atoms with van der Waals surface area (Å²) < 4.78 is 0. The Morgan fingerprint density at radius 3 is 2.10 bits per heavy atom. The van der Waals surface area contributed by atoms with Crippen molar-refractivity contribution in [2.75, 3.05) is 0 Å². The Kier molecular flexibility index (Phi) is 5.60. The molecule has 0 fully saturated rings. The highest BCUT2D eigenvalue weighted by Crippen LogP contribution is 2.16. The quantitative estimate of drug-likeness (QED) is 0.626. The van der Waals surface area contributed by atoms with Crippen LogP contribution in [-0.2, 0) is 0 Å². The second-order valence-electron chi connectivity index (χ2n) is 5.02. The molecule has 2 rings (SSSR count). The molecule has 1 nitrogen and oxygen atoms in total. The van der Waals surface area contributed by atoms with Gasteiger partial charge in [-0.3, -0.25) is 4.79 Å². The van der Waals surface area contributed by atoms with Crippen LogP contribution in [0, 0.1) is 5.92 Å². The van der Waals surface area contributed by atoms with E-state index in [9.17, 15) is 4.79 Å². The molecule has 0 saturated carbocycles. The third-order valence-corrected chi connectivity index (χ3v) is 3.66. The maximum atomic E-state index is 12.1. The van der Waals surface area contributed by atoms with E-state index >= 15 is 0 Å². The molecule has 0 saturated heterocycles. The monoisotopic (exact) mass is 318 g/mol. The molecule has 0 aliphatic carbocycles. The lowest BCUT2D eigenvalue weighted by Gasteiger charge is -2.06. The Morgan fingerprint density at radius 2 is 1.52 bits per heavy atom. The van der Waals surface area contributed by atoms with Crippen LogP contribution >= 0.6 is 23.2 Å². The van der Waals surface area contributed by atoms with Crippen LogP contribution in [0.4, 0.5) is 0 Å². The van der Waals surface area contributed by atoms with Crippen LogP contribution < -0.4 is 0 Å². The number of carbonyl (C=O) groups excluding carboxylic acids is 1. The molecular formula is C18H16Cl2O. The lowest BCUT2D eigenvalue weighted by atomic mass is 9.99. The Morgan fingerprint density at radius 1 is 1.00 bits per heavy atom. The summed E-state index contributed by atoms with van der Waals surface area (Å²) in [4.78, 5) is 12.1. The maximum absolute atomic E-state index is 12.1. The van der Waals surface area contributed by atoms with Gasteiger partial charge in [0, 0.05) is 22.0 Å². The van der Waals surface area contributed by atoms with Crippen molar-refractivity contribution in [3.8, 4) is 0 Å². The topological polar surface area (TPSA) is 17.1 Å². The number of hydrogen-bond acceptors (Lipinski definition) is 1. The molecule has 0 aliphatic heterocycles. The van der Waals surface area contributed by atoms with Crippen molar-refractivity contribution < 1.29 is 4.79 Å². The Bertz CT molecular complexity index is 627. The van der Waals surface area contributed by atoms with Crippen molar-refractivity contribution in [2.45, 2.75) is 13.3 Å². The van der Waals surface area contributed by atoms with Crippen molar-refractivity contribution in [3.63, 3.8) is 0 Å². The molecule has 0 bridgehead atoms. The van der Waals surface area contributed by atoms with Gasteiger partial charge in [0.1, 0.15) is 0 Å². The van der Waals surface area contributed by atoms with E-state index in [-0.39, 0.29) is 11.7 Å². The number of benzene rings is 2. The number of hydrogen-bond donors (Lipinski definition) is 0. The van der Waals surface area contributed by atoms with E-state index < -0.39 is 0 Å². The molecule has 2 aromatic carbocycles. The van der Waals surface area contributed by atoms with E-state index in [2.05, 4.69) is 0 Å². The fraction of sp³-hybridized carbons (Fsp3) is 0.167. The van der Waals surface area contributed by atoms with Crippen LogP contribution in [0.25, 0.3) is 6.08 Å². The van der Waals surface area contributed by atoms with Crippen LogP contribution in [0.2, 0.25) is 10.0 Å². The highest BCUT2D eigenvalue weighted by molar-refractivity contribution is 6.30. The SMILES string of the molecule is C[C@@H](/C=C/c1ccc(Cl)cc1)CC(=O)c1ccc(Cl)cc1. The predicted octanol–water partition coefficient (Wildman–Crippen LogP) is 5.92. The lowest BCUT2D eigenvalue weighted by molar-refractivity contribution is 0.0972. The van der Waals surface area contributed by atoms with E-state index in [1.165, 1.54) is 0 Å². The second kappa shape index (κ2) is 7.44. The van der Waals surface area contributed by atoms with Gasteiger partial charge in [0.2, 0.25) is 0 Å². The summed E-state index contributed by atoms with van der Waals surface area (Å²) in [5, 5.41) is 1.36. The van der Waals surface area contributed by atoms with Crippen molar-refractivity contribution >= 4 is 35.1 Å². The normalized spacial score (nSPS) is 12.5. The number of ketones is 1. The van der Waals surface area contributed by atoms with Crippen LogP contribution in [0.1, 0.15) is 29.3 Å². The number of carbonyl (C=O) groups is 1. The number of allylic oxidation sites excluding steroid dienone is 1. The molecule has 2 aromatic rings. The Labute approximate surface area is 135 Å². The molecular weight excluding hydrogens is 303 g/mol. The fourth-order valence-corrected chi connectivity index (χ4v) is 2.22. The van der Waals surface area contributed by atoms with Crippen LogP contribution in [0.3, 0.4) is 0 Å². The number of halogens is 2. The molecule has 21 heavy (non-hydrogen) atoms. The first-order valence-corrected chi connectivity index (χ1v) is 7.53. The van der Waals surface area contributed by atoms with E-state index in [0.717, 1.165) is 10.6 Å². The van der Waals surface area contributed by atoms with Gasteiger partial charge in [0.15, 0.2) is 5.78 Å². The minimum Gasteiger partial charge on any atom is -0.294 e. The van der Waals surface area contributed by atoms with Gasteiger partial charge in [-0.15, -0.1) is 0 Å². The smallest absolute Gasteiger partial charge is 0.163 e. The zero-order chi connectivity index (χ0) is 15.2. The standard InChI is InChI=1S/C18H16Cl2O/c1-13(2-3-14-4-8-16(19)9-5-14)12-18(21)15-6-10-17(20)11-7-15/h2-11,13H,12H2,1H3/b3-2+/t13-/m0/s1. The fourth-order valence-electron chi connectivity index (χ4n) is 1.96. The first kappa shape index (κ1) is 15.8. The van der Waals surface area contributed by atoms with Crippen molar-refractivity contribution in [3.05, 3.63) is 75.8 Å². The van der Waals surface area contributed by atoms with E-state index in [1.807, 2.05) is 43.3 Å². The van der Waals surface area contributed by atoms with Gasteiger partial charge in [-0.25, -0.2) is 0 Å². The highest BCUT2D eigenvalue weighted by Gasteiger charge is 2.09. The Balaban J connectivity index is 1.94. The van der Waals surface area contributed by atoms with E-state index in [1.54, 1.807) is 24.3 Å². The first-order chi connectivity index (χ1) is 10.0. The summed E-state index contributed by atoms with van der Waals surface area (Å²) >= 11 is 11.7. The minimum atomic E-state index is 0.125. The number of Topliss-reactive ketones (excluding diaryl/α,β-unsaturated/α-hetero) is 1. The van der Waals surface area contributed by atoms with Crippen LogP contribution in [-0.4, -0.2) is 5.78 Å². The van der Waals surface area contributed by atoms with Gasteiger partial charge in [-0.1, -0.05) is 54.4 Å². The number of rotatable bonds is 5. The molecule has 1 atom stereocenters. The van der Waals surface area contributed by atoms with Gasteiger partial charge in [-0.2, -0.15) is 0 Å². The maximum Gasteiger partial charge on any atom is 0.163 e. The summed E-state index contributed by atoms with van der Waals surface area (Å²) in [6, 6.07) is 14.6. The van der Waals surface area contributed by atoms with Gasteiger partial charge in [0.05, 0.1) is 0 Å². The van der Waals surface area contributed by atoms with Crippen molar-refractivity contribution in [2.24, 2.45) is 5.92 Å². The first-order valence-electron chi connectivity index (χ1n) is 6.77. The molecule has 0 aromatic heterocycles. The molecule has 0 N–H and O–H groups in total. The predicted molar refractivity (Wildman–Crippen MR) is 90.0 cm³/mol. The Hall–Kier alpha value is -1.57. The molecule has 0 heterocycles. The minimum absolute atomic E-state index is 0.125. The summed E-state index contributed by atoms with van der Waals surface area (Å²) in [6.45, 7) is 2.03. The largest absolute Gasteiger partial charge is 0.294 e.